The van der Waals surface area contributed by atoms with Gasteiger partial charge in [0.05, 0.1) is 11.3 Å². The summed E-state index contributed by atoms with van der Waals surface area (Å²) in [5.41, 5.74) is -0.173. The Labute approximate surface area is 110 Å². The van der Waals surface area contributed by atoms with Gasteiger partial charge in [-0.05, 0) is 31.5 Å². The first-order chi connectivity index (χ1) is 9.04. The van der Waals surface area contributed by atoms with E-state index < -0.39 is 11.8 Å². The molecule has 0 saturated carbocycles. The normalized spacial score (nSPS) is 10.2. The summed E-state index contributed by atoms with van der Waals surface area (Å²) in [5, 5.41) is 11.3. The van der Waals surface area contributed by atoms with Crippen molar-refractivity contribution in [2.45, 2.75) is 19.8 Å². The Hall–Kier alpha value is -1.95. The smallest absolute Gasteiger partial charge is 0.337 e. The maximum absolute atomic E-state index is 13.0. The number of rotatable bonds is 7. The van der Waals surface area contributed by atoms with Crippen LogP contribution in [0, 0.1) is 5.82 Å². The van der Waals surface area contributed by atoms with Gasteiger partial charge in [-0.15, -0.1) is 0 Å². The number of benzene rings is 1. The summed E-state index contributed by atoms with van der Waals surface area (Å²) in [6.07, 6.45) is 0.715. The Morgan fingerprint density at radius 3 is 2.79 bits per heavy atom. The summed E-state index contributed by atoms with van der Waals surface area (Å²) in [5.74, 6) is -2.19. The van der Waals surface area contributed by atoms with E-state index in [1.165, 1.54) is 0 Å². The molecule has 0 atom stereocenters. The molecule has 1 rings (SSSR count). The third-order valence-corrected chi connectivity index (χ3v) is 2.38. The standard InChI is InChI=1S/C13H16FNO4/c1-2-19-7-3-4-12(16)15-11-8-9(14)5-6-10(11)13(17)18/h5-6,8H,2-4,7H2,1H3,(H,15,16)(H,17,18). The number of amides is 1. The molecule has 0 heterocycles. The number of halogens is 1. The van der Waals surface area contributed by atoms with Gasteiger partial charge in [0.1, 0.15) is 5.82 Å². The van der Waals surface area contributed by atoms with Crippen LogP contribution in [-0.2, 0) is 9.53 Å². The number of carbonyl (C=O) groups excluding carboxylic acids is 1. The van der Waals surface area contributed by atoms with Crippen molar-refractivity contribution < 1.29 is 23.8 Å². The van der Waals surface area contributed by atoms with Crippen LogP contribution in [0.15, 0.2) is 18.2 Å². The van der Waals surface area contributed by atoms with Crippen molar-refractivity contribution >= 4 is 17.6 Å². The minimum absolute atomic E-state index is 0.0334. The maximum Gasteiger partial charge on any atom is 0.337 e. The first-order valence-electron chi connectivity index (χ1n) is 5.95. The molecule has 0 aliphatic heterocycles. The lowest BCUT2D eigenvalue weighted by atomic mass is 10.1. The van der Waals surface area contributed by atoms with Gasteiger partial charge in [0.15, 0.2) is 0 Å². The number of anilines is 1. The molecule has 0 spiro atoms. The van der Waals surface area contributed by atoms with Gasteiger partial charge < -0.3 is 15.2 Å². The van der Waals surface area contributed by atoms with Crippen LogP contribution in [0.25, 0.3) is 0 Å². The molecule has 0 unspecified atom stereocenters. The molecule has 1 amide bonds. The van der Waals surface area contributed by atoms with Gasteiger partial charge in [0, 0.05) is 19.6 Å². The van der Waals surface area contributed by atoms with E-state index in [2.05, 4.69) is 5.32 Å². The summed E-state index contributed by atoms with van der Waals surface area (Å²) in [6, 6.07) is 3.14. The fraction of sp³-hybridized carbons (Fsp3) is 0.385. The van der Waals surface area contributed by atoms with Gasteiger partial charge in [-0.25, -0.2) is 9.18 Å². The monoisotopic (exact) mass is 269 g/mol. The third kappa shape index (κ3) is 5.05. The molecular formula is C13H16FNO4. The fourth-order valence-corrected chi connectivity index (χ4v) is 1.50. The molecule has 0 fully saturated rings. The number of carbonyl (C=O) groups is 2. The Kier molecular flexibility index (Phi) is 5.95. The van der Waals surface area contributed by atoms with E-state index in [9.17, 15) is 14.0 Å². The quantitative estimate of drug-likeness (QED) is 0.744. The average Bonchev–Trinajstić information content (AvgIpc) is 2.34. The maximum atomic E-state index is 13.0. The molecule has 0 aliphatic carbocycles. The van der Waals surface area contributed by atoms with Crippen molar-refractivity contribution in [2.75, 3.05) is 18.5 Å². The van der Waals surface area contributed by atoms with Crippen LogP contribution in [0.5, 0.6) is 0 Å². The van der Waals surface area contributed by atoms with E-state index in [-0.39, 0.29) is 23.6 Å². The van der Waals surface area contributed by atoms with Crippen LogP contribution in [0.4, 0.5) is 10.1 Å². The van der Waals surface area contributed by atoms with Crippen LogP contribution in [0.2, 0.25) is 0 Å². The lowest BCUT2D eigenvalue weighted by Gasteiger charge is -2.08. The molecule has 104 valence electrons. The van der Waals surface area contributed by atoms with Gasteiger partial charge in [-0.1, -0.05) is 0 Å². The lowest BCUT2D eigenvalue weighted by Crippen LogP contribution is -2.15. The van der Waals surface area contributed by atoms with Gasteiger partial charge in [-0.3, -0.25) is 4.79 Å². The van der Waals surface area contributed by atoms with Crippen LogP contribution in [-0.4, -0.2) is 30.2 Å². The average molecular weight is 269 g/mol. The second kappa shape index (κ2) is 7.48. The fourth-order valence-electron chi connectivity index (χ4n) is 1.50. The summed E-state index contributed by atoms with van der Waals surface area (Å²) in [7, 11) is 0. The van der Waals surface area contributed by atoms with Crippen molar-refractivity contribution in [1.82, 2.24) is 0 Å². The minimum Gasteiger partial charge on any atom is -0.478 e. The molecule has 6 heteroatoms. The Balaban J connectivity index is 2.62. The van der Waals surface area contributed by atoms with Gasteiger partial charge in [0.2, 0.25) is 5.91 Å². The van der Waals surface area contributed by atoms with Crippen LogP contribution in [0.1, 0.15) is 30.1 Å². The van der Waals surface area contributed by atoms with Crippen molar-refractivity contribution in [1.29, 1.82) is 0 Å². The molecule has 0 aliphatic rings. The van der Waals surface area contributed by atoms with E-state index in [0.29, 0.717) is 19.6 Å². The predicted molar refractivity (Wildman–Crippen MR) is 67.7 cm³/mol. The topological polar surface area (TPSA) is 75.6 Å². The van der Waals surface area contributed by atoms with E-state index in [1.54, 1.807) is 0 Å². The van der Waals surface area contributed by atoms with Gasteiger partial charge in [-0.2, -0.15) is 0 Å². The third-order valence-electron chi connectivity index (χ3n) is 2.38. The zero-order valence-corrected chi connectivity index (χ0v) is 10.6. The molecule has 0 aromatic heterocycles. The number of nitrogens with one attached hydrogen (secondary N) is 1. The molecule has 5 nitrogen and oxygen atoms in total. The largest absolute Gasteiger partial charge is 0.478 e. The summed E-state index contributed by atoms with van der Waals surface area (Å²) < 4.78 is 18.1. The minimum atomic E-state index is -1.22. The molecule has 19 heavy (non-hydrogen) atoms. The number of aromatic carboxylic acids is 1. The highest BCUT2D eigenvalue weighted by atomic mass is 19.1. The second-order valence-electron chi connectivity index (χ2n) is 3.84. The van der Waals surface area contributed by atoms with Crippen molar-refractivity contribution in [2.24, 2.45) is 0 Å². The molecule has 2 N–H and O–H groups in total. The van der Waals surface area contributed by atoms with Crippen LogP contribution < -0.4 is 5.32 Å². The highest BCUT2D eigenvalue weighted by molar-refractivity contribution is 6.00. The van der Waals surface area contributed by atoms with Gasteiger partial charge in [0.25, 0.3) is 0 Å². The number of carboxylic acid groups (broad SMARTS) is 1. The molecular weight excluding hydrogens is 253 g/mol. The van der Waals surface area contributed by atoms with E-state index in [1.807, 2.05) is 6.92 Å². The summed E-state index contributed by atoms with van der Waals surface area (Å²) in [4.78, 5) is 22.5. The first-order valence-corrected chi connectivity index (χ1v) is 5.95. The number of ether oxygens (including phenoxy) is 1. The number of hydrogen-bond acceptors (Lipinski definition) is 3. The molecule has 0 saturated heterocycles. The van der Waals surface area contributed by atoms with Crippen LogP contribution in [0.3, 0.4) is 0 Å². The van der Waals surface area contributed by atoms with Crippen molar-refractivity contribution in [3.05, 3.63) is 29.6 Å². The molecule has 0 bridgehead atoms. The number of hydrogen-bond donors (Lipinski definition) is 2. The number of carboxylic acids is 1. The van der Waals surface area contributed by atoms with Crippen molar-refractivity contribution in [3.8, 4) is 0 Å². The SMILES string of the molecule is CCOCCCC(=O)Nc1cc(F)ccc1C(=O)O. The molecule has 1 aromatic rings. The highest BCUT2D eigenvalue weighted by Gasteiger charge is 2.13. The zero-order chi connectivity index (χ0) is 14.3. The lowest BCUT2D eigenvalue weighted by molar-refractivity contribution is -0.116. The zero-order valence-electron chi connectivity index (χ0n) is 10.6. The summed E-state index contributed by atoms with van der Waals surface area (Å²) in [6.45, 7) is 2.89. The van der Waals surface area contributed by atoms with E-state index >= 15 is 0 Å². The summed E-state index contributed by atoms with van der Waals surface area (Å²) >= 11 is 0. The van der Waals surface area contributed by atoms with Crippen LogP contribution >= 0.6 is 0 Å². The second-order valence-corrected chi connectivity index (χ2v) is 3.84. The highest BCUT2D eigenvalue weighted by Crippen LogP contribution is 2.17. The Bertz CT molecular complexity index is 462. The predicted octanol–water partition coefficient (Wildman–Crippen LogP) is 2.28. The van der Waals surface area contributed by atoms with Crippen molar-refractivity contribution in [3.63, 3.8) is 0 Å². The molecule has 0 radical (unpaired) electrons. The van der Waals surface area contributed by atoms with E-state index in [0.717, 1.165) is 18.2 Å². The first kappa shape index (κ1) is 15.1. The Morgan fingerprint density at radius 1 is 1.42 bits per heavy atom. The molecule has 1 aromatic carbocycles. The Morgan fingerprint density at radius 2 is 2.16 bits per heavy atom. The van der Waals surface area contributed by atoms with Gasteiger partial charge >= 0.3 is 5.97 Å². The van der Waals surface area contributed by atoms with E-state index in [4.69, 9.17) is 9.84 Å².